The standard InChI is InChI=1S/C13H11IN2OS/c14-11-5-10(7-15)6-12(16)13(11)17-3-1-9-2-4-18-8-9/h2,4-6,8H,1,3,16H2. The zero-order valence-corrected chi connectivity index (χ0v) is 12.5. The third-order valence-electron chi connectivity index (χ3n) is 2.42. The maximum atomic E-state index is 8.83. The molecule has 0 saturated heterocycles. The number of anilines is 1. The van der Waals surface area contributed by atoms with Gasteiger partial charge < -0.3 is 10.5 Å². The van der Waals surface area contributed by atoms with Crippen molar-refractivity contribution in [1.29, 1.82) is 5.26 Å². The maximum absolute atomic E-state index is 8.83. The summed E-state index contributed by atoms with van der Waals surface area (Å²) in [7, 11) is 0. The van der Waals surface area contributed by atoms with Crippen LogP contribution in [0.1, 0.15) is 11.1 Å². The van der Waals surface area contributed by atoms with Crippen molar-refractivity contribution in [3.8, 4) is 11.8 Å². The highest BCUT2D eigenvalue weighted by Gasteiger charge is 2.08. The van der Waals surface area contributed by atoms with E-state index in [4.69, 9.17) is 15.7 Å². The number of nitrogen functional groups attached to an aromatic ring is 1. The largest absolute Gasteiger partial charge is 0.490 e. The quantitative estimate of drug-likeness (QED) is 0.663. The number of thiophene rings is 1. The number of hydrogen-bond donors (Lipinski definition) is 1. The van der Waals surface area contributed by atoms with E-state index in [1.165, 1.54) is 5.56 Å². The van der Waals surface area contributed by atoms with Gasteiger partial charge in [-0.3, -0.25) is 0 Å². The first kappa shape index (κ1) is 13.2. The van der Waals surface area contributed by atoms with Crippen LogP contribution in [-0.2, 0) is 6.42 Å². The molecule has 0 spiro atoms. The second-order valence-corrected chi connectivity index (χ2v) is 5.66. The van der Waals surface area contributed by atoms with Gasteiger partial charge in [0.05, 0.1) is 27.5 Å². The number of ether oxygens (including phenoxy) is 1. The zero-order valence-electron chi connectivity index (χ0n) is 9.52. The van der Waals surface area contributed by atoms with Crippen molar-refractivity contribution in [2.75, 3.05) is 12.3 Å². The van der Waals surface area contributed by atoms with Crippen molar-refractivity contribution in [2.24, 2.45) is 0 Å². The van der Waals surface area contributed by atoms with Gasteiger partial charge in [-0.25, -0.2) is 0 Å². The molecule has 3 nitrogen and oxygen atoms in total. The normalized spacial score (nSPS) is 10.0. The number of nitrogens with zero attached hydrogens (tertiary/aromatic N) is 1. The first-order valence-electron chi connectivity index (χ1n) is 5.33. The van der Waals surface area contributed by atoms with Gasteiger partial charge in [-0.15, -0.1) is 0 Å². The van der Waals surface area contributed by atoms with E-state index in [1.807, 2.05) is 0 Å². The van der Waals surface area contributed by atoms with Crippen molar-refractivity contribution in [3.05, 3.63) is 43.7 Å². The van der Waals surface area contributed by atoms with Gasteiger partial charge in [0.2, 0.25) is 0 Å². The second-order valence-electron chi connectivity index (χ2n) is 3.72. The Kier molecular flexibility index (Phi) is 4.44. The van der Waals surface area contributed by atoms with Crippen LogP contribution in [0.5, 0.6) is 5.75 Å². The van der Waals surface area contributed by atoms with E-state index in [9.17, 15) is 0 Å². The number of rotatable bonds is 4. The third-order valence-corrected chi connectivity index (χ3v) is 3.95. The average Bonchev–Trinajstić information content (AvgIpc) is 2.85. The summed E-state index contributed by atoms with van der Waals surface area (Å²) in [6, 6.07) is 7.58. The van der Waals surface area contributed by atoms with Crippen LogP contribution in [0.2, 0.25) is 0 Å². The van der Waals surface area contributed by atoms with E-state index in [0.29, 0.717) is 23.6 Å². The molecular formula is C13H11IN2OS. The van der Waals surface area contributed by atoms with Crippen molar-refractivity contribution >= 4 is 39.6 Å². The van der Waals surface area contributed by atoms with Crippen LogP contribution in [0, 0.1) is 14.9 Å². The highest BCUT2D eigenvalue weighted by molar-refractivity contribution is 14.1. The van der Waals surface area contributed by atoms with Crippen LogP contribution >= 0.6 is 33.9 Å². The Morgan fingerprint density at radius 3 is 2.89 bits per heavy atom. The Morgan fingerprint density at radius 1 is 1.44 bits per heavy atom. The highest BCUT2D eigenvalue weighted by Crippen LogP contribution is 2.29. The summed E-state index contributed by atoms with van der Waals surface area (Å²) >= 11 is 3.81. The first-order valence-corrected chi connectivity index (χ1v) is 7.36. The molecule has 0 radical (unpaired) electrons. The lowest BCUT2D eigenvalue weighted by atomic mass is 10.2. The topological polar surface area (TPSA) is 59.0 Å². The monoisotopic (exact) mass is 370 g/mol. The van der Waals surface area contributed by atoms with Gasteiger partial charge in [0.25, 0.3) is 0 Å². The molecule has 0 fully saturated rings. The summed E-state index contributed by atoms with van der Waals surface area (Å²) in [6.45, 7) is 0.586. The Balaban J connectivity index is 2.03. The summed E-state index contributed by atoms with van der Waals surface area (Å²) in [4.78, 5) is 0. The van der Waals surface area contributed by atoms with Crippen molar-refractivity contribution < 1.29 is 4.74 Å². The van der Waals surface area contributed by atoms with Gasteiger partial charge >= 0.3 is 0 Å². The molecule has 0 bridgehead atoms. The lowest BCUT2D eigenvalue weighted by Gasteiger charge is -2.10. The summed E-state index contributed by atoms with van der Waals surface area (Å²) in [5, 5.41) is 13.0. The van der Waals surface area contributed by atoms with Crippen LogP contribution in [0.25, 0.3) is 0 Å². The van der Waals surface area contributed by atoms with Crippen LogP contribution < -0.4 is 10.5 Å². The van der Waals surface area contributed by atoms with Gasteiger partial charge in [0.15, 0.2) is 5.75 Å². The Bertz CT molecular complexity index is 552. The first-order chi connectivity index (χ1) is 8.70. The van der Waals surface area contributed by atoms with E-state index in [1.54, 1.807) is 23.5 Å². The minimum atomic E-state index is 0.517. The molecule has 1 aromatic heterocycles. The van der Waals surface area contributed by atoms with Crippen LogP contribution in [0.3, 0.4) is 0 Å². The van der Waals surface area contributed by atoms with Gasteiger partial charge in [-0.1, -0.05) is 0 Å². The smallest absolute Gasteiger partial charge is 0.155 e. The molecule has 2 N–H and O–H groups in total. The van der Waals surface area contributed by atoms with E-state index in [0.717, 1.165) is 9.99 Å². The van der Waals surface area contributed by atoms with Gasteiger partial charge in [-0.05, 0) is 57.1 Å². The zero-order chi connectivity index (χ0) is 13.0. The summed E-state index contributed by atoms with van der Waals surface area (Å²) in [6.07, 6.45) is 0.860. The molecule has 1 aromatic carbocycles. The second kappa shape index (κ2) is 6.07. The number of benzene rings is 1. The molecule has 92 valence electrons. The molecule has 0 unspecified atom stereocenters. The van der Waals surface area contributed by atoms with E-state index in [-0.39, 0.29) is 0 Å². The minimum Gasteiger partial charge on any atom is -0.490 e. The molecule has 1 heterocycles. The molecule has 0 amide bonds. The fourth-order valence-electron chi connectivity index (χ4n) is 1.54. The Morgan fingerprint density at radius 2 is 2.28 bits per heavy atom. The van der Waals surface area contributed by atoms with Gasteiger partial charge in [-0.2, -0.15) is 16.6 Å². The fourth-order valence-corrected chi connectivity index (χ4v) is 3.04. The lowest BCUT2D eigenvalue weighted by Crippen LogP contribution is -2.04. The van der Waals surface area contributed by atoms with E-state index < -0.39 is 0 Å². The number of nitrogens with two attached hydrogens (primary N) is 1. The molecule has 2 aromatic rings. The predicted octanol–water partition coefficient (Wildman–Crippen LogP) is 3.43. The molecule has 0 aliphatic heterocycles. The molecule has 0 atom stereocenters. The highest BCUT2D eigenvalue weighted by atomic mass is 127. The molecule has 18 heavy (non-hydrogen) atoms. The van der Waals surface area contributed by atoms with E-state index in [2.05, 4.69) is 45.5 Å². The van der Waals surface area contributed by atoms with Crippen LogP contribution in [-0.4, -0.2) is 6.61 Å². The molecule has 0 aliphatic rings. The number of halogens is 1. The summed E-state index contributed by atoms with van der Waals surface area (Å²) in [5.74, 6) is 0.671. The van der Waals surface area contributed by atoms with Crippen molar-refractivity contribution in [2.45, 2.75) is 6.42 Å². The minimum absolute atomic E-state index is 0.517. The third kappa shape index (κ3) is 3.15. The number of nitriles is 1. The maximum Gasteiger partial charge on any atom is 0.155 e. The van der Waals surface area contributed by atoms with Crippen molar-refractivity contribution in [1.82, 2.24) is 0 Å². The van der Waals surface area contributed by atoms with Gasteiger partial charge in [0.1, 0.15) is 0 Å². The Labute approximate surface area is 123 Å². The molecule has 5 heteroatoms. The summed E-state index contributed by atoms with van der Waals surface area (Å²) < 4.78 is 6.57. The number of hydrogen-bond acceptors (Lipinski definition) is 4. The van der Waals surface area contributed by atoms with E-state index >= 15 is 0 Å². The van der Waals surface area contributed by atoms with Crippen LogP contribution in [0.15, 0.2) is 29.0 Å². The SMILES string of the molecule is N#Cc1cc(N)c(OCCc2ccsc2)c(I)c1. The van der Waals surface area contributed by atoms with Crippen molar-refractivity contribution in [3.63, 3.8) is 0 Å². The van der Waals surface area contributed by atoms with Crippen LogP contribution in [0.4, 0.5) is 5.69 Å². The lowest BCUT2D eigenvalue weighted by molar-refractivity contribution is 0.321. The molecule has 0 saturated carbocycles. The molecule has 0 aliphatic carbocycles. The van der Waals surface area contributed by atoms with Gasteiger partial charge in [0, 0.05) is 6.42 Å². The Hall–Kier alpha value is -1.26. The summed E-state index contributed by atoms with van der Waals surface area (Å²) in [5.41, 5.74) is 8.22. The average molecular weight is 370 g/mol. The molecular weight excluding hydrogens is 359 g/mol. The fraction of sp³-hybridized carbons (Fsp3) is 0.154. The predicted molar refractivity (Wildman–Crippen MR) is 81.8 cm³/mol. The molecule has 2 rings (SSSR count).